The first-order valence-corrected chi connectivity index (χ1v) is 13.5. The predicted octanol–water partition coefficient (Wildman–Crippen LogP) is 4.77. The highest BCUT2D eigenvalue weighted by atomic mass is 35.5. The van der Waals surface area contributed by atoms with E-state index in [1.807, 2.05) is 25.1 Å². The molecule has 1 amide bonds. The van der Waals surface area contributed by atoms with Crippen LogP contribution in [-0.4, -0.2) is 30.4 Å². The summed E-state index contributed by atoms with van der Waals surface area (Å²) < 4.78 is 1.50. The number of amides is 1. The molecule has 2 aromatic carbocycles. The van der Waals surface area contributed by atoms with Crippen LogP contribution < -0.4 is 21.6 Å². The molecule has 4 heterocycles. The fourth-order valence-corrected chi connectivity index (χ4v) is 5.40. The maximum Gasteiger partial charge on any atom is 0.264 e. The number of hydrogen-bond acceptors (Lipinski definition) is 7. The van der Waals surface area contributed by atoms with Gasteiger partial charge in [0.15, 0.2) is 5.43 Å². The van der Waals surface area contributed by atoms with Gasteiger partial charge in [0.25, 0.3) is 11.5 Å². The number of rotatable bonds is 7. The summed E-state index contributed by atoms with van der Waals surface area (Å²) in [6.07, 6.45) is 6.16. The number of carbonyl (C=O) groups is 1. The standard InChI is InChI=1S/C31H24ClN7O3/c1-18(38-29-25-23(40)12-15-34-28(25)36-17-37-29)27-26(32)21-8-5-9-22(30(41)35-16-19-10-13-33-14-11-19)24(21)31(42)39(27)20-6-3-2-4-7-20/h2-15,17-18H,16H2,1H3,(H,35,41)(H2,34,36,37,38,40)/t18-/m0/s1. The van der Waals surface area contributed by atoms with Crippen molar-refractivity contribution in [2.75, 3.05) is 5.32 Å². The van der Waals surface area contributed by atoms with Crippen LogP contribution in [0.4, 0.5) is 5.82 Å². The first-order chi connectivity index (χ1) is 20.4. The monoisotopic (exact) mass is 577 g/mol. The second kappa shape index (κ2) is 11.3. The molecule has 0 aliphatic rings. The molecule has 0 saturated carbocycles. The molecular weight excluding hydrogens is 554 g/mol. The molecule has 11 heteroatoms. The third-order valence-electron chi connectivity index (χ3n) is 6.96. The number of aromatic amines is 1. The number of benzene rings is 2. The fraction of sp³-hybridized carbons (Fsp3) is 0.0968. The molecule has 0 radical (unpaired) electrons. The number of fused-ring (bicyclic) bond motifs is 2. The third-order valence-corrected chi connectivity index (χ3v) is 7.35. The number of para-hydroxylation sites is 1. The number of nitrogens with one attached hydrogen (secondary N) is 3. The van der Waals surface area contributed by atoms with Crippen LogP contribution in [0.2, 0.25) is 5.02 Å². The maximum atomic E-state index is 14.3. The zero-order valence-electron chi connectivity index (χ0n) is 22.3. The van der Waals surface area contributed by atoms with E-state index in [0.717, 1.165) is 5.56 Å². The Morgan fingerprint density at radius 2 is 1.76 bits per heavy atom. The van der Waals surface area contributed by atoms with Crippen molar-refractivity contribution in [2.24, 2.45) is 0 Å². The van der Waals surface area contributed by atoms with Gasteiger partial charge in [0.2, 0.25) is 0 Å². The molecular formula is C31H24ClN7O3. The molecule has 4 aromatic heterocycles. The molecule has 0 unspecified atom stereocenters. The first kappa shape index (κ1) is 26.9. The number of carbonyl (C=O) groups excluding carboxylic acids is 1. The van der Waals surface area contributed by atoms with Gasteiger partial charge in [-0.05, 0) is 42.8 Å². The van der Waals surface area contributed by atoms with E-state index in [0.29, 0.717) is 28.2 Å². The van der Waals surface area contributed by atoms with Gasteiger partial charge in [-0.25, -0.2) is 9.97 Å². The summed E-state index contributed by atoms with van der Waals surface area (Å²) in [6, 6.07) is 18.5. The van der Waals surface area contributed by atoms with E-state index in [9.17, 15) is 14.4 Å². The minimum atomic E-state index is -0.600. The number of anilines is 1. The van der Waals surface area contributed by atoms with Gasteiger partial charge in [-0.1, -0.05) is 41.9 Å². The van der Waals surface area contributed by atoms with E-state index >= 15 is 0 Å². The van der Waals surface area contributed by atoms with Gasteiger partial charge in [-0.2, -0.15) is 0 Å². The van der Waals surface area contributed by atoms with Crippen LogP contribution in [0.15, 0.2) is 101 Å². The lowest BCUT2D eigenvalue weighted by molar-refractivity contribution is 0.0952. The Labute approximate surface area is 244 Å². The molecule has 0 aliphatic heterocycles. The molecule has 6 aromatic rings. The molecule has 0 fully saturated rings. The molecule has 0 bridgehead atoms. The van der Waals surface area contributed by atoms with Gasteiger partial charge < -0.3 is 15.6 Å². The Hall–Kier alpha value is -5.35. The highest BCUT2D eigenvalue weighted by molar-refractivity contribution is 6.36. The van der Waals surface area contributed by atoms with Crippen molar-refractivity contribution in [2.45, 2.75) is 19.5 Å². The normalized spacial score (nSPS) is 11.9. The minimum absolute atomic E-state index is 0.193. The second-order valence-electron chi connectivity index (χ2n) is 9.60. The second-order valence-corrected chi connectivity index (χ2v) is 9.97. The van der Waals surface area contributed by atoms with E-state index in [2.05, 4.69) is 30.6 Å². The van der Waals surface area contributed by atoms with Gasteiger partial charge >= 0.3 is 0 Å². The van der Waals surface area contributed by atoms with Gasteiger partial charge in [0.1, 0.15) is 23.2 Å². The zero-order chi connectivity index (χ0) is 29.2. The average Bonchev–Trinajstić information content (AvgIpc) is 3.02. The number of hydrogen-bond donors (Lipinski definition) is 3. The molecule has 0 saturated heterocycles. The van der Waals surface area contributed by atoms with Crippen LogP contribution in [-0.2, 0) is 6.54 Å². The Bertz CT molecular complexity index is 2060. The van der Waals surface area contributed by atoms with Crippen molar-refractivity contribution < 1.29 is 4.79 Å². The van der Waals surface area contributed by atoms with Crippen LogP contribution in [0, 0.1) is 0 Å². The van der Waals surface area contributed by atoms with Crippen LogP contribution in [0.1, 0.15) is 34.6 Å². The van der Waals surface area contributed by atoms with Crippen LogP contribution in [0.3, 0.4) is 0 Å². The van der Waals surface area contributed by atoms with Crippen molar-refractivity contribution >= 4 is 45.1 Å². The number of halogens is 1. The van der Waals surface area contributed by atoms with Crippen molar-refractivity contribution in [1.82, 2.24) is 29.8 Å². The number of nitrogens with zero attached hydrogens (tertiary/aromatic N) is 4. The summed E-state index contributed by atoms with van der Waals surface area (Å²) in [7, 11) is 0. The highest BCUT2D eigenvalue weighted by Crippen LogP contribution is 2.34. The largest absolute Gasteiger partial charge is 0.361 e. The lowest BCUT2D eigenvalue weighted by Crippen LogP contribution is -2.29. The summed E-state index contributed by atoms with van der Waals surface area (Å²) in [6.45, 7) is 2.09. The minimum Gasteiger partial charge on any atom is -0.361 e. The summed E-state index contributed by atoms with van der Waals surface area (Å²) >= 11 is 7.09. The summed E-state index contributed by atoms with van der Waals surface area (Å²) in [5.41, 5.74) is 1.78. The van der Waals surface area contributed by atoms with Gasteiger partial charge in [-0.3, -0.25) is 23.9 Å². The first-order valence-electron chi connectivity index (χ1n) is 13.1. The quantitative estimate of drug-likeness (QED) is 0.249. The fourth-order valence-electron chi connectivity index (χ4n) is 5.00. The van der Waals surface area contributed by atoms with Gasteiger partial charge in [0.05, 0.1) is 27.7 Å². The number of aromatic nitrogens is 5. The van der Waals surface area contributed by atoms with Crippen molar-refractivity contribution in [3.63, 3.8) is 0 Å². The van der Waals surface area contributed by atoms with E-state index < -0.39 is 17.5 Å². The molecule has 42 heavy (non-hydrogen) atoms. The maximum absolute atomic E-state index is 14.3. The van der Waals surface area contributed by atoms with Crippen LogP contribution >= 0.6 is 11.6 Å². The molecule has 0 spiro atoms. The average molecular weight is 578 g/mol. The van der Waals surface area contributed by atoms with Gasteiger partial charge in [-0.15, -0.1) is 0 Å². The molecule has 1 atom stereocenters. The Balaban J connectivity index is 1.51. The lowest BCUT2D eigenvalue weighted by Gasteiger charge is -2.24. The van der Waals surface area contributed by atoms with E-state index in [-0.39, 0.29) is 33.3 Å². The zero-order valence-corrected chi connectivity index (χ0v) is 23.1. The van der Waals surface area contributed by atoms with Crippen LogP contribution in [0.5, 0.6) is 0 Å². The number of H-pyrrole nitrogens is 1. The smallest absolute Gasteiger partial charge is 0.264 e. The highest BCUT2D eigenvalue weighted by Gasteiger charge is 2.25. The summed E-state index contributed by atoms with van der Waals surface area (Å²) in [4.78, 5) is 55.8. The number of pyridine rings is 3. The summed E-state index contributed by atoms with van der Waals surface area (Å²) in [5.74, 6) is -0.113. The Morgan fingerprint density at radius 1 is 0.976 bits per heavy atom. The molecule has 3 N–H and O–H groups in total. The van der Waals surface area contributed by atoms with Crippen molar-refractivity contribution in [3.8, 4) is 5.69 Å². The van der Waals surface area contributed by atoms with E-state index in [1.54, 1.807) is 54.9 Å². The third kappa shape index (κ3) is 4.88. The van der Waals surface area contributed by atoms with Crippen molar-refractivity contribution in [1.29, 1.82) is 0 Å². The topological polar surface area (TPSA) is 135 Å². The van der Waals surface area contributed by atoms with E-state index in [4.69, 9.17) is 11.6 Å². The molecule has 0 aliphatic carbocycles. The summed E-state index contributed by atoms with van der Waals surface area (Å²) in [5, 5.41) is 7.34. The van der Waals surface area contributed by atoms with Gasteiger partial charge in [0, 0.05) is 42.3 Å². The predicted molar refractivity (Wildman–Crippen MR) is 162 cm³/mol. The Morgan fingerprint density at radius 3 is 2.55 bits per heavy atom. The SMILES string of the molecule is C[C@H](Nc1ncnc2[nH]ccc(=O)c12)c1c(Cl)c2cccc(C(=O)NCc3ccncc3)c2c(=O)n1-c1ccccc1. The van der Waals surface area contributed by atoms with E-state index in [1.165, 1.54) is 23.2 Å². The Kier molecular flexibility index (Phi) is 7.20. The lowest BCUT2D eigenvalue weighted by atomic mass is 10.0. The molecule has 6 rings (SSSR count). The van der Waals surface area contributed by atoms with Crippen LogP contribution in [0.25, 0.3) is 27.5 Å². The molecule has 208 valence electrons. The van der Waals surface area contributed by atoms with Crippen molar-refractivity contribution in [3.05, 3.63) is 134 Å². The molecule has 10 nitrogen and oxygen atoms in total.